The Hall–Kier alpha value is -2.02. The zero-order valence-corrected chi connectivity index (χ0v) is 17.4. The summed E-state index contributed by atoms with van der Waals surface area (Å²) in [5.74, 6) is 0.160. The highest BCUT2D eigenvalue weighted by molar-refractivity contribution is 9.10. The van der Waals surface area contributed by atoms with Gasteiger partial charge in [-0.25, -0.2) is 0 Å². The molecule has 0 radical (unpaired) electrons. The SMILES string of the molecule is Cc1ccc(-n2c(O)c(C=C3C=Nc4ccc(Br)cc43)sc2=S)cc1C. The lowest BCUT2D eigenvalue weighted by atomic mass is 10.1. The topological polar surface area (TPSA) is 37.5 Å². The van der Waals surface area contributed by atoms with E-state index in [4.69, 9.17) is 12.2 Å². The highest BCUT2D eigenvalue weighted by atomic mass is 79.9. The molecule has 2 heterocycles. The molecule has 6 heteroatoms. The van der Waals surface area contributed by atoms with Crippen LogP contribution in [0, 0.1) is 17.8 Å². The van der Waals surface area contributed by atoms with E-state index in [0.29, 0.717) is 3.95 Å². The highest BCUT2D eigenvalue weighted by Crippen LogP contribution is 2.38. The van der Waals surface area contributed by atoms with E-state index in [2.05, 4.69) is 34.8 Å². The van der Waals surface area contributed by atoms with Gasteiger partial charge in [-0.3, -0.25) is 9.56 Å². The number of aromatic nitrogens is 1. The summed E-state index contributed by atoms with van der Waals surface area (Å²) in [5.41, 5.74) is 6.17. The number of fused-ring (bicyclic) bond motifs is 1. The van der Waals surface area contributed by atoms with Crippen LogP contribution in [0.5, 0.6) is 5.88 Å². The number of allylic oxidation sites excluding steroid dienone is 1. The van der Waals surface area contributed by atoms with Crippen molar-refractivity contribution in [1.82, 2.24) is 4.57 Å². The second-order valence-electron chi connectivity index (χ2n) is 6.18. The van der Waals surface area contributed by atoms with Gasteiger partial charge in [-0.2, -0.15) is 0 Å². The Morgan fingerprint density at radius 2 is 1.96 bits per heavy atom. The van der Waals surface area contributed by atoms with Gasteiger partial charge in [0.2, 0.25) is 5.88 Å². The highest BCUT2D eigenvalue weighted by Gasteiger charge is 2.17. The fraction of sp³-hybridized carbons (Fsp3) is 0.100. The van der Waals surface area contributed by atoms with Crippen LogP contribution in [0.4, 0.5) is 5.69 Å². The Balaban J connectivity index is 1.82. The molecule has 1 aromatic heterocycles. The van der Waals surface area contributed by atoms with E-state index in [1.165, 1.54) is 16.9 Å². The van der Waals surface area contributed by atoms with Gasteiger partial charge in [0.25, 0.3) is 0 Å². The fourth-order valence-electron chi connectivity index (χ4n) is 2.89. The molecular formula is C20H15BrN2OS2. The van der Waals surface area contributed by atoms with Crippen molar-refractivity contribution in [1.29, 1.82) is 0 Å². The molecule has 0 saturated carbocycles. The molecule has 1 aliphatic rings. The molecule has 0 spiro atoms. The van der Waals surface area contributed by atoms with Crippen LogP contribution < -0.4 is 0 Å². The van der Waals surface area contributed by atoms with Crippen LogP contribution >= 0.6 is 39.5 Å². The number of thiazole rings is 1. The first kappa shape index (κ1) is 17.4. The van der Waals surface area contributed by atoms with E-state index in [1.54, 1.807) is 4.57 Å². The molecule has 2 aromatic carbocycles. The van der Waals surface area contributed by atoms with Gasteiger partial charge in [0, 0.05) is 21.8 Å². The Morgan fingerprint density at radius 3 is 2.73 bits per heavy atom. The number of rotatable bonds is 2. The number of benzene rings is 2. The summed E-state index contributed by atoms with van der Waals surface area (Å²) >= 11 is 10.4. The predicted octanol–water partition coefficient (Wildman–Crippen LogP) is 6.61. The molecule has 0 saturated heterocycles. The molecule has 130 valence electrons. The van der Waals surface area contributed by atoms with Gasteiger partial charge in [-0.15, -0.1) is 11.3 Å². The molecule has 3 nitrogen and oxygen atoms in total. The normalized spacial score (nSPS) is 14.2. The van der Waals surface area contributed by atoms with E-state index < -0.39 is 0 Å². The standard InChI is InChI=1S/C20H15BrN2OS2/c1-11-3-5-15(7-12(11)2)23-19(24)18(26-20(23)25)8-13-10-22-17-6-4-14(21)9-16(13)17/h3-10,24H,1-2H3. The number of halogens is 1. The smallest absolute Gasteiger partial charge is 0.215 e. The average molecular weight is 443 g/mol. The molecule has 1 aliphatic heterocycles. The third kappa shape index (κ3) is 2.98. The number of aryl methyl sites for hydroxylation is 2. The van der Waals surface area contributed by atoms with Gasteiger partial charge >= 0.3 is 0 Å². The number of hydrogen-bond donors (Lipinski definition) is 1. The molecular weight excluding hydrogens is 428 g/mol. The summed E-state index contributed by atoms with van der Waals surface area (Å²) in [6.07, 6.45) is 3.76. The summed E-state index contributed by atoms with van der Waals surface area (Å²) in [6, 6.07) is 12.0. The van der Waals surface area contributed by atoms with E-state index in [1.807, 2.05) is 48.7 Å². The van der Waals surface area contributed by atoms with E-state index in [0.717, 1.165) is 37.4 Å². The zero-order chi connectivity index (χ0) is 18.4. The van der Waals surface area contributed by atoms with Crippen molar-refractivity contribution in [2.45, 2.75) is 13.8 Å². The molecule has 26 heavy (non-hydrogen) atoms. The van der Waals surface area contributed by atoms with Crippen LogP contribution in [0.15, 0.2) is 45.9 Å². The molecule has 0 amide bonds. The third-order valence-electron chi connectivity index (χ3n) is 4.46. The molecule has 0 bridgehead atoms. The first-order valence-corrected chi connectivity index (χ1v) is 10.0. The fourth-order valence-corrected chi connectivity index (χ4v) is 4.55. The minimum absolute atomic E-state index is 0.160. The number of aromatic hydroxyl groups is 1. The van der Waals surface area contributed by atoms with Gasteiger partial charge < -0.3 is 5.11 Å². The molecule has 0 aliphatic carbocycles. The molecule has 3 aromatic rings. The van der Waals surface area contributed by atoms with E-state index >= 15 is 0 Å². The van der Waals surface area contributed by atoms with Crippen molar-refractivity contribution in [3.05, 3.63) is 66.4 Å². The van der Waals surface area contributed by atoms with Gasteiger partial charge in [0.05, 0.1) is 16.3 Å². The number of hydrogen-bond acceptors (Lipinski definition) is 4. The molecule has 4 rings (SSSR count). The van der Waals surface area contributed by atoms with Crippen molar-refractivity contribution in [3.63, 3.8) is 0 Å². The predicted molar refractivity (Wildman–Crippen MR) is 116 cm³/mol. The summed E-state index contributed by atoms with van der Waals surface area (Å²) in [6.45, 7) is 4.12. The van der Waals surface area contributed by atoms with E-state index in [9.17, 15) is 5.11 Å². The average Bonchev–Trinajstić information content (AvgIpc) is 3.11. The van der Waals surface area contributed by atoms with Crippen molar-refractivity contribution >= 4 is 63.0 Å². The van der Waals surface area contributed by atoms with Crippen molar-refractivity contribution in [2.24, 2.45) is 4.99 Å². The quantitative estimate of drug-likeness (QED) is 0.453. The van der Waals surface area contributed by atoms with Crippen LogP contribution in [-0.4, -0.2) is 15.9 Å². The van der Waals surface area contributed by atoms with Crippen molar-refractivity contribution in [2.75, 3.05) is 0 Å². The summed E-state index contributed by atoms with van der Waals surface area (Å²) < 4.78 is 3.33. The molecule has 1 N–H and O–H groups in total. The first-order chi connectivity index (χ1) is 12.4. The minimum Gasteiger partial charge on any atom is -0.493 e. The van der Waals surface area contributed by atoms with Crippen LogP contribution in [0.25, 0.3) is 17.3 Å². The first-order valence-electron chi connectivity index (χ1n) is 8.02. The maximum atomic E-state index is 10.8. The van der Waals surface area contributed by atoms with Gasteiger partial charge in [0.15, 0.2) is 3.95 Å². The third-order valence-corrected chi connectivity index (χ3v) is 6.26. The maximum Gasteiger partial charge on any atom is 0.215 e. The number of nitrogens with zero attached hydrogens (tertiary/aromatic N) is 2. The van der Waals surface area contributed by atoms with Crippen molar-refractivity contribution in [3.8, 4) is 11.6 Å². The van der Waals surface area contributed by atoms with Crippen LogP contribution in [-0.2, 0) is 0 Å². The van der Waals surface area contributed by atoms with Crippen LogP contribution in [0.1, 0.15) is 21.6 Å². The lowest BCUT2D eigenvalue weighted by Gasteiger charge is -2.07. The number of aliphatic imine (C=N–C) groups is 1. The maximum absolute atomic E-state index is 10.8. The van der Waals surface area contributed by atoms with Gasteiger partial charge in [0.1, 0.15) is 0 Å². The monoisotopic (exact) mass is 442 g/mol. The largest absolute Gasteiger partial charge is 0.493 e. The second kappa shape index (κ2) is 6.61. The second-order valence-corrected chi connectivity index (χ2v) is 8.77. The summed E-state index contributed by atoms with van der Waals surface area (Å²) in [4.78, 5) is 5.16. The Labute approximate surface area is 169 Å². The summed E-state index contributed by atoms with van der Waals surface area (Å²) in [5, 5.41) is 10.8. The van der Waals surface area contributed by atoms with E-state index in [-0.39, 0.29) is 5.88 Å². The van der Waals surface area contributed by atoms with Crippen molar-refractivity contribution < 1.29 is 5.11 Å². The molecule has 0 atom stereocenters. The lowest BCUT2D eigenvalue weighted by molar-refractivity contribution is 0.441. The van der Waals surface area contributed by atoms with Gasteiger partial charge in [-0.1, -0.05) is 22.0 Å². The summed E-state index contributed by atoms with van der Waals surface area (Å²) in [7, 11) is 0. The molecule has 0 unspecified atom stereocenters. The Bertz CT molecular complexity index is 1160. The van der Waals surface area contributed by atoms with Gasteiger partial charge in [-0.05, 0) is 73.6 Å². The lowest BCUT2D eigenvalue weighted by Crippen LogP contribution is -1.94. The van der Waals surface area contributed by atoms with Crippen LogP contribution in [0.3, 0.4) is 0 Å². The Morgan fingerprint density at radius 1 is 1.15 bits per heavy atom. The Kier molecular flexibility index (Phi) is 4.42. The minimum atomic E-state index is 0.160. The van der Waals surface area contributed by atoms with Crippen LogP contribution in [0.2, 0.25) is 0 Å². The zero-order valence-electron chi connectivity index (χ0n) is 14.2. The molecule has 0 fully saturated rings.